The molecule has 0 saturated carbocycles. The molecule has 19 heavy (non-hydrogen) atoms. The van der Waals surface area contributed by atoms with Crippen molar-refractivity contribution in [1.82, 2.24) is 9.55 Å². The van der Waals surface area contributed by atoms with Crippen LogP contribution in [-0.2, 0) is 0 Å². The second kappa shape index (κ2) is 5.25. The quantitative estimate of drug-likeness (QED) is 0.831. The van der Waals surface area contributed by atoms with Gasteiger partial charge in [-0.1, -0.05) is 23.7 Å². The number of piperidine rings is 1. The number of benzene rings is 1. The van der Waals surface area contributed by atoms with Gasteiger partial charge in [0.05, 0.1) is 10.7 Å². The van der Waals surface area contributed by atoms with E-state index in [0.29, 0.717) is 0 Å². The first-order chi connectivity index (χ1) is 9.27. The van der Waals surface area contributed by atoms with Crippen molar-refractivity contribution in [3.63, 3.8) is 0 Å². The molecule has 0 bridgehead atoms. The van der Waals surface area contributed by atoms with Crippen LogP contribution in [0.3, 0.4) is 0 Å². The molecule has 4 heteroatoms. The highest BCUT2D eigenvalue weighted by molar-refractivity contribution is 6.32. The molecule has 0 spiro atoms. The fraction of sp³-hybridized carbons (Fsp3) is 0.400. The van der Waals surface area contributed by atoms with E-state index < -0.39 is 0 Å². The third-order valence-electron chi connectivity index (χ3n) is 3.69. The second-order valence-electron chi connectivity index (χ2n) is 5.05. The smallest absolute Gasteiger partial charge is 0.210 e. The van der Waals surface area contributed by atoms with Gasteiger partial charge in [0.2, 0.25) is 5.95 Å². The van der Waals surface area contributed by atoms with E-state index >= 15 is 0 Å². The monoisotopic (exact) mass is 275 g/mol. The zero-order chi connectivity index (χ0) is 13.2. The third kappa shape index (κ3) is 2.35. The molecule has 0 aliphatic carbocycles. The maximum Gasteiger partial charge on any atom is 0.210 e. The van der Waals surface area contributed by atoms with Crippen LogP contribution in [0.25, 0.3) is 5.69 Å². The summed E-state index contributed by atoms with van der Waals surface area (Å²) in [5, 5.41) is 0.774. The summed E-state index contributed by atoms with van der Waals surface area (Å²) in [7, 11) is 0. The first-order valence-corrected chi connectivity index (χ1v) is 7.19. The molecule has 0 unspecified atom stereocenters. The van der Waals surface area contributed by atoms with Gasteiger partial charge < -0.3 is 4.90 Å². The Morgan fingerprint density at radius 1 is 1.16 bits per heavy atom. The number of aryl methyl sites for hydroxylation is 1. The van der Waals surface area contributed by atoms with E-state index in [2.05, 4.69) is 27.4 Å². The van der Waals surface area contributed by atoms with Gasteiger partial charge >= 0.3 is 0 Å². The molecule has 1 fully saturated rings. The molecular formula is C15H18ClN3. The molecule has 1 aromatic heterocycles. The van der Waals surface area contributed by atoms with Gasteiger partial charge in [-0.25, -0.2) is 4.98 Å². The van der Waals surface area contributed by atoms with Crippen molar-refractivity contribution in [3.05, 3.63) is 41.2 Å². The second-order valence-corrected chi connectivity index (χ2v) is 5.46. The first kappa shape index (κ1) is 12.5. The van der Waals surface area contributed by atoms with Crippen molar-refractivity contribution in [2.24, 2.45) is 0 Å². The maximum absolute atomic E-state index is 6.36. The van der Waals surface area contributed by atoms with Crippen LogP contribution in [0.4, 0.5) is 5.95 Å². The molecule has 1 saturated heterocycles. The van der Waals surface area contributed by atoms with E-state index in [1.165, 1.54) is 24.8 Å². The average Bonchev–Trinajstić information content (AvgIpc) is 2.89. The molecule has 0 amide bonds. The van der Waals surface area contributed by atoms with Crippen LogP contribution in [0, 0.1) is 6.92 Å². The van der Waals surface area contributed by atoms with Crippen molar-refractivity contribution in [2.45, 2.75) is 26.2 Å². The van der Waals surface area contributed by atoms with Crippen molar-refractivity contribution < 1.29 is 0 Å². The Bertz CT molecular complexity index is 550. The van der Waals surface area contributed by atoms with Crippen molar-refractivity contribution in [3.8, 4) is 5.69 Å². The molecule has 0 N–H and O–H groups in total. The Morgan fingerprint density at radius 2 is 1.95 bits per heavy atom. The van der Waals surface area contributed by atoms with Crippen molar-refractivity contribution in [2.75, 3.05) is 18.0 Å². The van der Waals surface area contributed by atoms with Gasteiger partial charge in [-0.05, 0) is 37.8 Å². The van der Waals surface area contributed by atoms with E-state index in [0.717, 1.165) is 29.7 Å². The number of rotatable bonds is 2. The summed E-state index contributed by atoms with van der Waals surface area (Å²) >= 11 is 6.36. The summed E-state index contributed by atoms with van der Waals surface area (Å²) in [5.41, 5.74) is 2.21. The highest BCUT2D eigenvalue weighted by Crippen LogP contribution is 2.28. The average molecular weight is 276 g/mol. The molecular weight excluding hydrogens is 258 g/mol. The van der Waals surface area contributed by atoms with E-state index in [1.807, 2.05) is 24.5 Å². The molecule has 1 aliphatic heterocycles. The Hall–Kier alpha value is -1.48. The summed E-state index contributed by atoms with van der Waals surface area (Å²) in [6.45, 7) is 4.25. The first-order valence-electron chi connectivity index (χ1n) is 6.81. The molecule has 3 nitrogen and oxygen atoms in total. The number of hydrogen-bond acceptors (Lipinski definition) is 2. The van der Waals surface area contributed by atoms with Crippen molar-refractivity contribution >= 4 is 17.5 Å². The zero-order valence-corrected chi connectivity index (χ0v) is 11.9. The van der Waals surface area contributed by atoms with Gasteiger partial charge in [-0.2, -0.15) is 0 Å². The normalized spacial score (nSPS) is 15.8. The molecule has 100 valence electrons. The largest absolute Gasteiger partial charge is 0.342 e. The van der Waals surface area contributed by atoms with Gasteiger partial charge in [0.15, 0.2) is 0 Å². The minimum atomic E-state index is 0.774. The molecule has 2 heterocycles. The van der Waals surface area contributed by atoms with Gasteiger partial charge in [0.1, 0.15) is 0 Å². The molecule has 0 radical (unpaired) electrons. The van der Waals surface area contributed by atoms with E-state index in [4.69, 9.17) is 11.6 Å². The van der Waals surface area contributed by atoms with Crippen LogP contribution in [0.1, 0.15) is 24.8 Å². The number of imidazole rings is 1. The van der Waals surface area contributed by atoms with Crippen LogP contribution >= 0.6 is 11.6 Å². The number of aromatic nitrogens is 2. The van der Waals surface area contributed by atoms with Crippen LogP contribution in [0.2, 0.25) is 5.02 Å². The Balaban J connectivity index is 2.04. The SMILES string of the molecule is Cc1cccc(Cl)c1-n1ccnc1N1CCCCC1. The van der Waals surface area contributed by atoms with Gasteiger partial charge in [0.25, 0.3) is 0 Å². The van der Waals surface area contributed by atoms with E-state index in [9.17, 15) is 0 Å². The predicted molar refractivity (Wildman–Crippen MR) is 79.4 cm³/mol. The number of halogens is 1. The number of anilines is 1. The van der Waals surface area contributed by atoms with Crippen LogP contribution in [-0.4, -0.2) is 22.6 Å². The number of para-hydroxylation sites is 1. The third-order valence-corrected chi connectivity index (χ3v) is 3.99. The minimum Gasteiger partial charge on any atom is -0.342 e. The maximum atomic E-state index is 6.36. The summed E-state index contributed by atoms with van der Waals surface area (Å²) < 4.78 is 2.11. The summed E-state index contributed by atoms with van der Waals surface area (Å²) in [6, 6.07) is 6.00. The summed E-state index contributed by atoms with van der Waals surface area (Å²) in [4.78, 5) is 6.88. The molecule has 1 aromatic carbocycles. The van der Waals surface area contributed by atoms with Crippen molar-refractivity contribution in [1.29, 1.82) is 0 Å². The Morgan fingerprint density at radius 3 is 2.68 bits per heavy atom. The Labute approximate surface area is 118 Å². The molecule has 0 atom stereocenters. The number of hydrogen-bond donors (Lipinski definition) is 0. The van der Waals surface area contributed by atoms with E-state index in [1.54, 1.807) is 0 Å². The lowest BCUT2D eigenvalue weighted by Gasteiger charge is -2.28. The van der Waals surface area contributed by atoms with Crippen LogP contribution < -0.4 is 4.90 Å². The van der Waals surface area contributed by atoms with Gasteiger partial charge in [-0.3, -0.25) is 4.57 Å². The fourth-order valence-corrected chi connectivity index (χ4v) is 3.04. The fourth-order valence-electron chi connectivity index (χ4n) is 2.73. The molecule has 2 aromatic rings. The topological polar surface area (TPSA) is 21.1 Å². The zero-order valence-electron chi connectivity index (χ0n) is 11.1. The minimum absolute atomic E-state index is 0.774. The van der Waals surface area contributed by atoms with Crippen LogP contribution in [0.5, 0.6) is 0 Å². The standard InChI is InChI=1S/C15H18ClN3/c1-12-6-5-7-13(16)14(12)19-11-8-17-15(19)18-9-3-2-4-10-18/h5-8,11H,2-4,9-10H2,1H3. The predicted octanol–water partition coefficient (Wildman–Crippen LogP) is 3.82. The highest BCUT2D eigenvalue weighted by Gasteiger charge is 2.18. The van der Waals surface area contributed by atoms with Gasteiger partial charge in [-0.15, -0.1) is 0 Å². The highest BCUT2D eigenvalue weighted by atomic mass is 35.5. The lowest BCUT2D eigenvalue weighted by Crippen LogP contribution is -2.31. The number of nitrogens with zero attached hydrogens (tertiary/aromatic N) is 3. The lowest BCUT2D eigenvalue weighted by molar-refractivity contribution is 0.566. The van der Waals surface area contributed by atoms with Gasteiger partial charge in [0, 0.05) is 25.5 Å². The molecule has 1 aliphatic rings. The summed E-state index contributed by atoms with van der Waals surface area (Å²) in [5.74, 6) is 1.01. The Kier molecular flexibility index (Phi) is 3.47. The van der Waals surface area contributed by atoms with E-state index in [-0.39, 0.29) is 0 Å². The summed E-state index contributed by atoms with van der Waals surface area (Å²) in [6.07, 6.45) is 7.66. The molecule has 3 rings (SSSR count). The van der Waals surface area contributed by atoms with Crippen LogP contribution in [0.15, 0.2) is 30.6 Å². The lowest BCUT2D eigenvalue weighted by atomic mass is 10.1.